The third-order valence-electron chi connectivity index (χ3n) is 3.44. The monoisotopic (exact) mass is 333 g/mol. The van der Waals surface area contributed by atoms with E-state index in [1.165, 1.54) is 0 Å². The number of nitrogens with one attached hydrogen (secondary N) is 1. The molecule has 1 N–H and O–H groups in total. The predicted molar refractivity (Wildman–Crippen MR) is 79.2 cm³/mol. The molecule has 0 spiro atoms. The molecule has 0 saturated heterocycles. The van der Waals surface area contributed by atoms with E-state index in [0.717, 1.165) is 37.0 Å². The van der Waals surface area contributed by atoms with Gasteiger partial charge in [-0.3, -0.25) is 0 Å². The number of alkyl halides is 2. The van der Waals surface area contributed by atoms with Crippen LogP contribution in [-0.2, 0) is 4.74 Å². The van der Waals surface area contributed by atoms with Gasteiger partial charge >= 0.3 is 6.09 Å². The first kappa shape index (κ1) is 17.1. The van der Waals surface area contributed by atoms with Crippen molar-refractivity contribution in [2.24, 2.45) is 0 Å². The van der Waals surface area contributed by atoms with Gasteiger partial charge in [0.25, 0.3) is 6.43 Å². The van der Waals surface area contributed by atoms with E-state index in [1.54, 1.807) is 0 Å². The van der Waals surface area contributed by atoms with Crippen LogP contribution in [0.1, 0.15) is 68.8 Å². The summed E-state index contributed by atoms with van der Waals surface area (Å²) in [5.74, 6) is 0.154. The number of carbonyl (C=O) groups excluding carboxylic acids is 1. The highest BCUT2D eigenvalue weighted by molar-refractivity contribution is 7.11. The zero-order chi connectivity index (χ0) is 16.3. The van der Waals surface area contributed by atoms with Crippen LogP contribution in [0.4, 0.5) is 13.6 Å². The van der Waals surface area contributed by atoms with Gasteiger partial charge in [-0.05, 0) is 46.5 Å². The van der Waals surface area contributed by atoms with Gasteiger partial charge in [0.2, 0.25) is 0 Å². The van der Waals surface area contributed by atoms with Gasteiger partial charge in [-0.2, -0.15) is 0 Å². The number of hydrogen-bond donors (Lipinski definition) is 1. The summed E-state index contributed by atoms with van der Waals surface area (Å²) < 4.78 is 30.3. The average Bonchev–Trinajstić information content (AvgIpc) is 2.87. The van der Waals surface area contributed by atoms with Crippen molar-refractivity contribution >= 4 is 17.4 Å². The first-order valence-electron chi connectivity index (χ1n) is 7.35. The fourth-order valence-electron chi connectivity index (χ4n) is 2.46. The van der Waals surface area contributed by atoms with Crippen LogP contribution in [0, 0.1) is 0 Å². The summed E-state index contributed by atoms with van der Waals surface area (Å²) in [5.41, 5.74) is -0.514. The average molecular weight is 333 g/mol. The molecule has 1 aliphatic carbocycles. The van der Waals surface area contributed by atoms with Crippen LogP contribution in [0.3, 0.4) is 0 Å². The third-order valence-corrected chi connectivity index (χ3v) is 4.53. The van der Waals surface area contributed by atoms with Crippen LogP contribution in [0.25, 0.3) is 0 Å². The zero-order valence-electron chi connectivity index (χ0n) is 12.9. The zero-order valence-corrected chi connectivity index (χ0v) is 13.8. The van der Waals surface area contributed by atoms with Crippen LogP contribution >= 0.6 is 11.3 Å². The summed E-state index contributed by atoms with van der Waals surface area (Å²) in [6.07, 6.45) is 0.209. The van der Waals surface area contributed by atoms with Crippen molar-refractivity contribution in [3.63, 3.8) is 0 Å². The smallest absolute Gasteiger partial charge is 0.407 e. The van der Waals surface area contributed by atoms with Crippen LogP contribution in [0.15, 0.2) is 0 Å². The molecule has 0 radical (unpaired) electrons. The Labute approximate surface area is 132 Å². The fourth-order valence-corrected chi connectivity index (χ4v) is 3.33. The van der Waals surface area contributed by atoms with E-state index in [9.17, 15) is 13.6 Å². The molecule has 1 aliphatic rings. The van der Waals surface area contributed by atoms with Gasteiger partial charge < -0.3 is 10.1 Å². The molecule has 0 aliphatic heterocycles. The second-order valence-corrected chi connectivity index (χ2v) is 7.51. The number of rotatable bonds is 3. The first-order chi connectivity index (χ1) is 10.2. The van der Waals surface area contributed by atoms with Crippen molar-refractivity contribution in [2.45, 2.75) is 70.4 Å². The quantitative estimate of drug-likeness (QED) is 0.907. The Balaban J connectivity index is 1.81. The van der Waals surface area contributed by atoms with Gasteiger partial charge in [0.05, 0.1) is 0 Å². The lowest BCUT2D eigenvalue weighted by Crippen LogP contribution is -2.40. The van der Waals surface area contributed by atoms with E-state index < -0.39 is 18.1 Å². The maximum atomic E-state index is 12.5. The number of ether oxygens (including phenoxy) is 1. The highest BCUT2D eigenvalue weighted by Gasteiger charge is 2.28. The minimum absolute atomic E-state index is 0.0635. The molecule has 1 amide bonds. The largest absolute Gasteiger partial charge is 0.444 e. The van der Waals surface area contributed by atoms with Crippen LogP contribution in [0.2, 0.25) is 0 Å². The van der Waals surface area contributed by atoms with E-state index in [4.69, 9.17) is 4.74 Å². The lowest BCUT2D eigenvalue weighted by atomic mass is 9.86. The van der Waals surface area contributed by atoms with Gasteiger partial charge in [0, 0.05) is 12.0 Å². The molecular weight excluding hydrogens is 312 g/mol. The number of halogens is 2. The highest BCUT2D eigenvalue weighted by Crippen LogP contribution is 2.36. The molecule has 1 heterocycles. The van der Waals surface area contributed by atoms with Gasteiger partial charge in [-0.1, -0.05) is 11.3 Å². The molecule has 1 fully saturated rings. The third kappa shape index (κ3) is 4.86. The second-order valence-electron chi connectivity index (χ2n) is 6.47. The summed E-state index contributed by atoms with van der Waals surface area (Å²) in [6.45, 7) is 5.46. The van der Waals surface area contributed by atoms with Gasteiger partial charge in [0.1, 0.15) is 10.6 Å². The standard InChI is InChI=1S/C14H21F2N3O2S/c1-14(2,3)21-13(20)17-9-6-4-8(5-7-9)11-18-19-12(22-11)10(15)16/h8-10H,4-7H2,1-3H3,(H,17,20)/t8-,9-. The van der Waals surface area contributed by atoms with Crippen molar-refractivity contribution in [2.75, 3.05) is 0 Å². The molecule has 0 bridgehead atoms. The lowest BCUT2D eigenvalue weighted by molar-refractivity contribution is 0.0491. The molecule has 1 saturated carbocycles. The molecule has 22 heavy (non-hydrogen) atoms. The topological polar surface area (TPSA) is 64.1 Å². The predicted octanol–water partition coefficient (Wildman–Crippen LogP) is 4.03. The minimum atomic E-state index is -2.56. The van der Waals surface area contributed by atoms with E-state index in [1.807, 2.05) is 20.8 Å². The summed E-state index contributed by atoms with van der Waals surface area (Å²) in [6, 6.07) is 0.0635. The Hall–Kier alpha value is -1.31. The Morgan fingerprint density at radius 2 is 1.91 bits per heavy atom. The van der Waals surface area contributed by atoms with Crippen molar-refractivity contribution < 1.29 is 18.3 Å². The minimum Gasteiger partial charge on any atom is -0.444 e. The number of carbonyl (C=O) groups is 1. The summed E-state index contributed by atoms with van der Waals surface area (Å²) in [4.78, 5) is 11.7. The molecule has 5 nitrogen and oxygen atoms in total. The van der Waals surface area contributed by atoms with Crippen LogP contribution in [-0.4, -0.2) is 27.9 Å². The summed E-state index contributed by atoms with van der Waals surface area (Å²) >= 11 is 0.986. The van der Waals surface area contributed by atoms with Crippen LogP contribution in [0.5, 0.6) is 0 Å². The normalized spacial score (nSPS) is 22.6. The Kier molecular flexibility index (Phi) is 5.31. The summed E-state index contributed by atoms with van der Waals surface area (Å²) in [7, 11) is 0. The van der Waals surface area contributed by atoms with E-state index >= 15 is 0 Å². The maximum absolute atomic E-state index is 12.5. The molecule has 8 heteroatoms. The Bertz CT molecular complexity index is 508. The molecule has 0 atom stereocenters. The Morgan fingerprint density at radius 1 is 1.27 bits per heavy atom. The number of alkyl carbamates (subject to hydrolysis) is 1. The lowest BCUT2D eigenvalue weighted by Gasteiger charge is -2.29. The van der Waals surface area contributed by atoms with E-state index in [2.05, 4.69) is 15.5 Å². The number of hydrogen-bond acceptors (Lipinski definition) is 5. The first-order valence-corrected chi connectivity index (χ1v) is 8.17. The SMILES string of the molecule is CC(C)(C)OC(=O)N[C@H]1CC[C@H](c2nnc(C(F)F)s2)CC1. The molecule has 0 unspecified atom stereocenters. The molecule has 1 aromatic rings. The molecule has 0 aromatic carbocycles. The van der Waals surface area contributed by atoms with E-state index in [0.29, 0.717) is 5.01 Å². The van der Waals surface area contributed by atoms with Gasteiger partial charge in [0.15, 0.2) is 5.01 Å². The number of nitrogens with zero attached hydrogens (tertiary/aromatic N) is 2. The Morgan fingerprint density at radius 3 is 2.41 bits per heavy atom. The molecular formula is C14H21F2N3O2S. The summed E-state index contributed by atoms with van der Waals surface area (Å²) in [5, 5.41) is 10.7. The van der Waals surface area contributed by atoms with E-state index in [-0.39, 0.29) is 17.0 Å². The van der Waals surface area contributed by atoms with Crippen molar-refractivity contribution in [1.29, 1.82) is 0 Å². The number of aromatic nitrogens is 2. The fraction of sp³-hybridized carbons (Fsp3) is 0.786. The van der Waals surface area contributed by atoms with Crippen molar-refractivity contribution in [1.82, 2.24) is 15.5 Å². The van der Waals surface area contributed by atoms with Gasteiger partial charge in [-0.25, -0.2) is 13.6 Å². The van der Waals surface area contributed by atoms with Crippen molar-refractivity contribution in [3.05, 3.63) is 10.0 Å². The number of amides is 1. The highest BCUT2D eigenvalue weighted by atomic mass is 32.1. The second kappa shape index (κ2) is 6.85. The van der Waals surface area contributed by atoms with Gasteiger partial charge in [-0.15, -0.1) is 10.2 Å². The molecule has 1 aromatic heterocycles. The molecule has 124 valence electrons. The molecule has 2 rings (SSSR count). The van der Waals surface area contributed by atoms with Crippen molar-refractivity contribution in [3.8, 4) is 0 Å². The maximum Gasteiger partial charge on any atom is 0.407 e. The van der Waals surface area contributed by atoms with Crippen LogP contribution < -0.4 is 5.32 Å².